The molecule has 0 bridgehead atoms. The maximum Gasteiger partial charge on any atom is 0.265 e. The molecule has 0 aliphatic carbocycles. The summed E-state index contributed by atoms with van der Waals surface area (Å²) in [5.41, 5.74) is 0.214. The van der Waals surface area contributed by atoms with Crippen LogP contribution in [0.1, 0.15) is 0 Å². The molecule has 3 rings (SSSR count). The Morgan fingerprint density at radius 1 is 0.941 bits per heavy atom. The minimum absolute atomic E-state index is 0.0409. The van der Waals surface area contributed by atoms with Crippen LogP contribution < -0.4 is 23.8 Å². The molecular formula is C23H22ClFN2O6S. The Labute approximate surface area is 201 Å². The van der Waals surface area contributed by atoms with Gasteiger partial charge in [0, 0.05) is 16.8 Å². The van der Waals surface area contributed by atoms with Gasteiger partial charge >= 0.3 is 0 Å². The second kappa shape index (κ2) is 10.6. The molecule has 1 N–H and O–H groups in total. The highest BCUT2D eigenvalue weighted by Crippen LogP contribution is 2.37. The number of carbonyl (C=O) groups is 1. The number of nitrogens with one attached hydrogen (secondary N) is 1. The number of anilines is 2. The Hall–Kier alpha value is -3.50. The summed E-state index contributed by atoms with van der Waals surface area (Å²) in [5.74, 6) is -0.573. The first kappa shape index (κ1) is 25.1. The second-order valence-electron chi connectivity index (χ2n) is 6.90. The van der Waals surface area contributed by atoms with Crippen LogP contribution >= 0.6 is 11.6 Å². The number of hydrogen-bond acceptors (Lipinski definition) is 6. The number of benzene rings is 3. The summed E-state index contributed by atoms with van der Waals surface area (Å²) in [4.78, 5) is 12.7. The van der Waals surface area contributed by atoms with E-state index in [1.54, 1.807) is 0 Å². The minimum atomic E-state index is -4.33. The van der Waals surface area contributed by atoms with Crippen molar-refractivity contribution in [2.24, 2.45) is 0 Å². The van der Waals surface area contributed by atoms with Crippen molar-refractivity contribution in [3.63, 3.8) is 0 Å². The summed E-state index contributed by atoms with van der Waals surface area (Å²) in [7, 11) is -0.174. The zero-order chi connectivity index (χ0) is 24.9. The summed E-state index contributed by atoms with van der Waals surface area (Å²) in [6, 6.07) is 13.7. The van der Waals surface area contributed by atoms with Gasteiger partial charge in [-0.15, -0.1) is 0 Å². The highest BCUT2D eigenvalue weighted by atomic mass is 35.5. The van der Waals surface area contributed by atoms with Gasteiger partial charge in [-0.05, 0) is 48.5 Å². The smallest absolute Gasteiger partial charge is 0.265 e. The Balaban J connectivity index is 2.08. The molecule has 0 heterocycles. The van der Waals surface area contributed by atoms with Gasteiger partial charge in [-0.25, -0.2) is 12.8 Å². The van der Waals surface area contributed by atoms with Gasteiger partial charge in [0.1, 0.15) is 18.1 Å². The summed E-state index contributed by atoms with van der Waals surface area (Å²) in [6.07, 6.45) is 0. The second-order valence-corrected chi connectivity index (χ2v) is 9.20. The molecule has 8 nitrogen and oxygen atoms in total. The van der Waals surface area contributed by atoms with E-state index in [2.05, 4.69) is 5.32 Å². The predicted molar refractivity (Wildman–Crippen MR) is 127 cm³/mol. The van der Waals surface area contributed by atoms with Crippen LogP contribution in [-0.4, -0.2) is 42.2 Å². The summed E-state index contributed by atoms with van der Waals surface area (Å²) in [6.45, 7) is -0.649. The minimum Gasteiger partial charge on any atom is -0.495 e. The van der Waals surface area contributed by atoms with Crippen LogP contribution in [0.25, 0.3) is 0 Å². The third-order valence-corrected chi connectivity index (χ3v) is 6.74. The zero-order valence-corrected chi connectivity index (χ0v) is 20.1. The number of hydrogen-bond donors (Lipinski definition) is 1. The standard InChI is InChI=1S/C23H22ClFN2O6S/c1-31-20-9-7-15(24)11-19(20)27(14-23(28)26-17-6-4-5-16(25)12-17)34(29,30)18-8-10-21(32-2)22(13-18)33-3/h4-13H,14H2,1-3H3,(H,26,28). The topological polar surface area (TPSA) is 94.2 Å². The molecule has 0 spiro atoms. The lowest BCUT2D eigenvalue weighted by Gasteiger charge is -2.26. The number of sulfonamides is 1. The van der Waals surface area contributed by atoms with Gasteiger partial charge in [0.25, 0.3) is 10.0 Å². The molecule has 1 amide bonds. The fraction of sp³-hybridized carbons (Fsp3) is 0.174. The predicted octanol–water partition coefficient (Wildman–Crippen LogP) is 4.34. The first-order valence-electron chi connectivity index (χ1n) is 9.83. The van der Waals surface area contributed by atoms with Crippen LogP contribution in [0.4, 0.5) is 15.8 Å². The zero-order valence-electron chi connectivity index (χ0n) is 18.5. The fourth-order valence-corrected chi connectivity index (χ4v) is 4.76. The van der Waals surface area contributed by atoms with Crippen molar-refractivity contribution >= 4 is 38.9 Å². The summed E-state index contributed by atoms with van der Waals surface area (Å²) < 4.78 is 57.5. The molecule has 180 valence electrons. The van der Waals surface area contributed by atoms with Gasteiger partial charge in [0.15, 0.2) is 11.5 Å². The molecule has 0 fully saturated rings. The molecule has 0 atom stereocenters. The molecule has 34 heavy (non-hydrogen) atoms. The first-order chi connectivity index (χ1) is 16.2. The molecule has 0 aliphatic heterocycles. The average molecular weight is 509 g/mol. The molecule has 0 aliphatic rings. The number of methoxy groups -OCH3 is 3. The lowest BCUT2D eigenvalue weighted by atomic mass is 10.3. The van der Waals surface area contributed by atoms with Gasteiger partial charge < -0.3 is 19.5 Å². The van der Waals surface area contributed by atoms with Crippen molar-refractivity contribution in [3.05, 3.63) is 71.5 Å². The third kappa shape index (κ3) is 5.52. The van der Waals surface area contributed by atoms with Gasteiger partial charge in [-0.3, -0.25) is 9.10 Å². The summed E-state index contributed by atoms with van der Waals surface area (Å²) in [5, 5.41) is 2.73. The Bertz CT molecular complexity index is 1300. The van der Waals surface area contributed by atoms with Crippen LogP contribution in [0.15, 0.2) is 65.6 Å². The Morgan fingerprint density at radius 3 is 2.26 bits per heavy atom. The third-order valence-electron chi connectivity index (χ3n) is 4.75. The largest absolute Gasteiger partial charge is 0.495 e. The van der Waals surface area contributed by atoms with E-state index in [0.29, 0.717) is 5.75 Å². The lowest BCUT2D eigenvalue weighted by molar-refractivity contribution is -0.114. The van der Waals surface area contributed by atoms with Crippen molar-refractivity contribution < 1.29 is 31.8 Å². The van der Waals surface area contributed by atoms with Crippen LogP contribution in [0.3, 0.4) is 0 Å². The van der Waals surface area contributed by atoms with Crippen molar-refractivity contribution in [1.82, 2.24) is 0 Å². The van der Waals surface area contributed by atoms with E-state index in [1.807, 2.05) is 0 Å². The number of carbonyl (C=O) groups excluding carboxylic acids is 1. The SMILES string of the molecule is COc1ccc(S(=O)(=O)N(CC(=O)Nc2cccc(F)c2)c2cc(Cl)ccc2OC)cc1OC. The Kier molecular flexibility index (Phi) is 7.85. The quantitative estimate of drug-likeness (QED) is 0.462. The number of ether oxygens (including phenoxy) is 3. The van der Waals surface area contributed by atoms with E-state index >= 15 is 0 Å². The number of amides is 1. The maximum absolute atomic E-state index is 13.7. The highest BCUT2D eigenvalue weighted by molar-refractivity contribution is 7.92. The molecule has 0 unspecified atom stereocenters. The van der Waals surface area contributed by atoms with Gasteiger partial charge in [0.2, 0.25) is 5.91 Å². The molecule has 0 saturated carbocycles. The van der Waals surface area contributed by atoms with Crippen molar-refractivity contribution in [2.75, 3.05) is 37.5 Å². The number of nitrogens with zero attached hydrogens (tertiary/aromatic N) is 1. The van der Waals surface area contributed by atoms with E-state index < -0.39 is 28.3 Å². The molecule has 3 aromatic rings. The van der Waals surface area contributed by atoms with E-state index in [9.17, 15) is 17.6 Å². The number of rotatable bonds is 9. The monoisotopic (exact) mass is 508 g/mol. The highest BCUT2D eigenvalue weighted by Gasteiger charge is 2.30. The molecular weight excluding hydrogens is 487 g/mol. The molecule has 11 heteroatoms. The molecule has 0 aromatic heterocycles. The van der Waals surface area contributed by atoms with Crippen molar-refractivity contribution in [1.29, 1.82) is 0 Å². The average Bonchev–Trinajstić information content (AvgIpc) is 2.81. The van der Waals surface area contributed by atoms with Crippen LogP contribution in [-0.2, 0) is 14.8 Å². The van der Waals surface area contributed by atoms with Gasteiger partial charge in [0.05, 0.1) is 31.9 Å². The van der Waals surface area contributed by atoms with Crippen LogP contribution in [0.5, 0.6) is 17.2 Å². The Morgan fingerprint density at radius 2 is 1.62 bits per heavy atom. The lowest BCUT2D eigenvalue weighted by Crippen LogP contribution is -2.38. The van der Waals surface area contributed by atoms with Gasteiger partial charge in [-0.2, -0.15) is 0 Å². The van der Waals surface area contributed by atoms with E-state index in [0.717, 1.165) is 10.4 Å². The molecule has 0 saturated heterocycles. The summed E-state index contributed by atoms with van der Waals surface area (Å²) >= 11 is 6.13. The van der Waals surface area contributed by atoms with Crippen molar-refractivity contribution in [3.8, 4) is 17.2 Å². The van der Waals surface area contributed by atoms with Gasteiger partial charge in [-0.1, -0.05) is 17.7 Å². The molecule has 0 radical (unpaired) electrons. The van der Waals surface area contributed by atoms with Crippen LogP contribution in [0, 0.1) is 5.82 Å². The maximum atomic E-state index is 13.7. The van der Waals surface area contributed by atoms with E-state index in [1.165, 1.54) is 75.9 Å². The van der Waals surface area contributed by atoms with Crippen LogP contribution in [0.2, 0.25) is 5.02 Å². The fourth-order valence-electron chi connectivity index (χ4n) is 3.16. The van der Waals surface area contributed by atoms with Crippen molar-refractivity contribution in [2.45, 2.75) is 4.90 Å². The van der Waals surface area contributed by atoms with E-state index in [-0.39, 0.29) is 32.8 Å². The first-order valence-corrected chi connectivity index (χ1v) is 11.6. The number of halogens is 2. The van der Waals surface area contributed by atoms with E-state index in [4.69, 9.17) is 25.8 Å². The molecule has 3 aromatic carbocycles. The normalized spacial score (nSPS) is 11.0.